The predicted octanol–water partition coefficient (Wildman–Crippen LogP) is 4.67. The van der Waals surface area contributed by atoms with E-state index < -0.39 is 11.9 Å². The Hall–Kier alpha value is -5.57. The molecule has 40 heavy (non-hydrogen) atoms. The number of amides is 1. The van der Waals surface area contributed by atoms with Gasteiger partial charge in [0.05, 0.1) is 11.4 Å². The van der Waals surface area contributed by atoms with Crippen LogP contribution < -0.4 is 16.6 Å². The Morgan fingerprint density at radius 2 is 1.85 bits per heavy atom. The molecular formula is C31H25N7O2. The van der Waals surface area contributed by atoms with Crippen molar-refractivity contribution in [3.63, 3.8) is 0 Å². The zero-order valence-electron chi connectivity index (χ0n) is 21.6. The molecule has 196 valence electrons. The second-order valence-electron chi connectivity index (χ2n) is 9.32. The standard InChI is InChI=1S/C31H25N7O2/c1-20(35-30(39)27-28(32)36-37-17-7-16-34-29(27)37)25-18-23-10-5-9-22(14-13-21-8-6-15-33-19-21)26(23)31(40)38(25)24-11-3-2-4-12-24/h2-20H,1H3,(H2,32,36)(H,35,39). The summed E-state index contributed by atoms with van der Waals surface area (Å²) in [7, 11) is 0. The maximum Gasteiger partial charge on any atom is 0.263 e. The molecule has 0 aliphatic heterocycles. The monoisotopic (exact) mass is 527 g/mol. The van der Waals surface area contributed by atoms with Crippen LogP contribution in [0.1, 0.15) is 40.1 Å². The molecule has 4 aromatic heterocycles. The van der Waals surface area contributed by atoms with Gasteiger partial charge in [-0.2, -0.15) is 0 Å². The molecule has 0 spiro atoms. The first-order chi connectivity index (χ1) is 19.5. The van der Waals surface area contributed by atoms with Crippen LogP contribution >= 0.6 is 0 Å². The van der Waals surface area contributed by atoms with Crippen molar-refractivity contribution in [2.75, 3.05) is 5.73 Å². The van der Waals surface area contributed by atoms with Crippen LogP contribution in [0.25, 0.3) is 34.3 Å². The lowest BCUT2D eigenvalue weighted by Gasteiger charge is -2.21. The van der Waals surface area contributed by atoms with Crippen molar-refractivity contribution in [1.29, 1.82) is 0 Å². The fourth-order valence-corrected chi connectivity index (χ4v) is 4.83. The quantitative estimate of drug-likeness (QED) is 0.325. The normalized spacial score (nSPS) is 12.2. The number of nitrogens with two attached hydrogens (primary N) is 1. The number of benzene rings is 2. The summed E-state index contributed by atoms with van der Waals surface area (Å²) in [6.07, 6.45) is 10.6. The minimum atomic E-state index is -0.558. The van der Waals surface area contributed by atoms with Gasteiger partial charge in [0.25, 0.3) is 11.5 Å². The fourth-order valence-electron chi connectivity index (χ4n) is 4.83. The third-order valence-electron chi connectivity index (χ3n) is 6.70. The molecule has 9 heteroatoms. The molecule has 0 aliphatic rings. The van der Waals surface area contributed by atoms with E-state index in [1.165, 1.54) is 4.52 Å². The SMILES string of the molecule is CC(NC(=O)c1c(N)nn2cccnc12)c1cc2cccc(C=Cc3cccnc3)c2c(=O)n1-c1ccccc1. The van der Waals surface area contributed by atoms with Crippen molar-refractivity contribution in [1.82, 2.24) is 29.5 Å². The second-order valence-corrected chi connectivity index (χ2v) is 9.32. The van der Waals surface area contributed by atoms with Crippen molar-refractivity contribution in [3.8, 4) is 5.69 Å². The number of para-hydroxylation sites is 1. The average molecular weight is 528 g/mol. The molecule has 9 nitrogen and oxygen atoms in total. The van der Waals surface area contributed by atoms with E-state index in [0.717, 1.165) is 16.5 Å². The summed E-state index contributed by atoms with van der Waals surface area (Å²) in [5.74, 6) is -0.355. The van der Waals surface area contributed by atoms with Gasteiger partial charge in [0.2, 0.25) is 0 Å². The van der Waals surface area contributed by atoms with Gasteiger partial charge in [0.1, 0.15) is 5.56 Å². The molecular weight excluding hydrogens is 502 g/mol. The van der Waals surface area contributed by atoms with Crippen LogP contribution in [-0.2, 0) is 0 Å². The van der Waals surface area contributed by atoms with E-state index in [9.17, 15) is 9.59 Å². The van der Waals surface area contributed by atoms with E-state index in [0.29, 0.717) is 22.4 Å². The first kappa shape index (κ1) is 24.7. The highest BCUT2D eigenvalue weighted by Crippen LogP contribution is 2.25. The van der Waals surface area contributed by atoms with Gasteiger partial charge in [-0.3, -0.25) is 19.1 Å². The minimum absolute atomic E-state index is 0.0763. The summed E-state index contributed by atoms with van der Waals surface area (Å²) in [4.78, 5) is 36.0. The molecule has 6 aromatic rings. The molecule has 0 bridgehead atoms. The van der Waals surface area contributed by atoms with E-state index in [1.54, 1.807) is 35.4 Å². The molecule has 6 rings (SSSR count). The number of nitrogens with one attached hydrogen (secondary N) is 1. The highest BCUT2D eigenvalue weighted by Gasteiger charge is 2.23. The highest BCUT2D eigenvalue weighted by molar-refractivity contribution is 6.04. The molecule has 3 N–H and O–H groups in total. The van der Waals surface area contributed by atoms with E-state index in [4.69, 9.17) is 5.73 Å². The van der Waals surface area contributed by atoms with Gasteiger partial charge in [-0.15, -0.1) is 5.10 Å². The van der Waals surface area contributed by atoms with Gasteiger partial charge in [-0.1, -0.05) is 54.6 Å². The van der Waals surface area contributed by atoms with Gasteiger partial charge < -0.3 is 11.1 Å². The van der Waals surface area contributed by atoms with Crippen molar-refractivity contribution in [3.05, 3.63) is 130 Å². The molecule has 4 heterocycles. The molecule has 0 aliphatic carbocycles. The van der Waals surface area contributed by atoms with Gasteiger partial charge in [-0.05, 0) is 53.8 Å². The molecule has 2 aromatic carbocycles. The van der Waals surface area contributed by atoms with Crippen molar-refractivity contribution < 1.29 is 4.79 Å². The summed E-state index contributed by atoms with van der Waals surface area (Å²) in [5, 5.41) is 8.53. The Morgan fingerprint density at radius 1 is 1.00 bits per heavy atom. The number of hydrogen-bond acceptors (Lipinski definition) is 6. The van der Waals surface area contributed by atoms with Gasteiger partial charge in [0.15, 0.2) is 11.5 Å². The molecule has 0 fully saturated rings. The number of anilines is 1. The number of aromatic nitrogens is 5. The summed E-state index contributed by atoms with van der Waals surface area (Å²) < 4.78 is 3.11. The number of nitrogen functional groups attached to an aromatic ring is 1. The summed E-state index contributed by atoms with van der Waals surface area (Å²) >= 11 is 0. The lowest BCUT2D eigenvalue weighted by Crippen LogP contribution is -2.32. The first-order valence-corrected chi connectivity index (χ1v) is 12.7. The van der Waals surface area contributed by atoms with Gasteiger partial charge >= 0.3 is 0 Å². The zero-order valence-corrected chi connectivity index (χ0v) is 21.6. The molecule has 0 saturated heterocycles. The van der Waals surface area contributed by atoms with Crippen LogP contribution in [-0.4, -0.2) is 30.1 Å². The predicted molar refractivity (Wildman–Crippen MR) is 156 cm³/mol. The largest absolute Gasteiger partial charge is 0.381 e. The third-order valence-corrected chi connectivity index (χ3v) is 6.70. The smallest absolute Gasteiger partial charge is 0.263 e. The zero-order chi connectivity index (χ0) is 27.6. The lowest BCUT2D eigenvalue weighted by atomic mass is 10.0. The van der Waals surface area contributed by atoms with Crippen molar-refractivity contribution in [2.24, 2.45) is 0 Å². The summed E-state index contributed by atoms with van der Waals surface area (Å²) in [6.45, 7) is 1.83. The molecule has 1 amide bonds. The van der Waals surface area contributed by atoms with Gasteiger partial charge in [0, 0.05) is 36.2 Å². The molecule has 0 radical (unpaired) electrons. The van der Waals surface area contributed by atoms with Crippen LogP contribution in [0.4, 0.5) is 5.82 Å². The Morgan fingerprint density at radius 3 is 2.65 bits per heavy atom. The molecule has 0 saturated carbocycles. The molecule has 1 atom stereocenters. The van der Waals surface area contributed by atoms with Crippen molar-refractivity contribution >= 4 is 40.3 Å². The topological polar surface area (TPSA) is 120 Å². The van der Waals surface area contributed by atoms with E-state index >= 15 is 0 Å². The maximum absolute atomic E-state index is 14.2. The Bertz CT molecular complexity index is 1940. The number of carbonyl (C=O) groups is 1. The fraction of sp³-hybridized carbons (Fsp3) is 0.0645. The summed E-state index contributed by atoms with van der Waals surface area (Å²) in [5.41, 5.74) is 9.44. The lowest BCUT2D eigenvalue weighted by molar-refractivity contribution is 0.0941. The second kappa shape index (κ2) is 10.3. The molecule has 1 unspecified atom stereocenters. The number of fused-ring (bicyclic) bond motifs is 2. The summed E-state index contributed by atoms with van der Waals surface area (Å²) in [6, 6.07) is 22.0. The number of hydrogen-bond donors (Lipinski definition) is 2. The Labute approximate surface area is 229 Å². The number of nitrogens with zero attached hydrogens (tertiary/aromatic N) is 5. The highest BCUT2D eigenvalue weighted by atomic mass is 16.2. The Kier molecular flexibility index (Phi) is 6.37. The van der Waals surface area contributed by atoms with E-state index in [1.807, 2.05) is 85.8 Å². The van der Waals surface area contributed by atoms with Crippen LogP contribution in [0.3, 0.4) is 0 Å². The van der Waals surface area contributed by atoms with Crippen LogP contribution in [0, 0.1) is 0 Å². The number of pyridine rings is 2. The van der Waals surface area contributed by atoms with Crippen LogP contribution in [0.5, 0.6) is 0 Å². The van der Waals surface area contributed by atoms with Crippen LogP contribution in [0.2, 0.25) is 0 Å². The van der Waals surface area contributed by atoms with E-state index in [-0.39, 0.29) is 16.9 Å². The first-order valence-electron chi connectivity index (χ1n) is 12.7. The Balaban J connectivity index is 1.47. The van der Waals surface area contributed by atoms with Gasteiger partial charge in [-0.25, -0.2) is 9.50 Å². The maximum atomic E-state index is 14.2. The average Bonchev–Trinajstić information content (AvgIpc) is 3.32. The number of rotatable bonds is 6. The van der Waals surface area contributed by atoms with E-state index in [2.05, 4.69) is 20.4 Å². The third kappa shape index (κ3) is 4.49. The minimum Gasteiger partial charge on any atom is -0.381 e. The van der Waals surface area contributed by atoms with Crippen LogP contribution in [0.15, 0.2) is 102 Å². The van der Waals surface area contributed by atoms with Crippen molar-refractivity contribution in [2.45, 2.75) is 13.0 Å². The number of carbonyl (C=O) groups excluding carboxylic acids is 1.